The van der Waals surface area contributed by atoms with Crippen molar-refractivity contribution in [2.24, 2.45) is 5.92 Å². The Morgan fingerprint density at radius 3 is 2.45 bits per heavy atom. The molecule has 0 aliphatic rings. The zero-order valence-corrected chi connectivity index (χ0v) is 14.1. The zero-order chi connectivity index (χ0) is 16.6. The Morgan fingerprint density at radius 1 is 1.27 bits per heavy atom. The van der Waals surface area contributed by atoms with Gasteiger partial charge in [0.2, 0.25) is 0 Å². The highest BCUT2D eigenvalue weighted by atomic mass is 16.6. The minimum atomic E-state index is -0.503. The quantitative estimate of drug-likeness (QED) is 0.810. The lowest BCUT2D eigenvalue weighted by molar-refractivity contribution is 0.0491. The third kappa shape index (κ3) is 8.03. The first kappa shape index (κ1) is 18.5. The van der Waals surface area contributed by atoms with Crippen LogP contribution in [0.15, 0.2) is 30.3 Å². The number of aliphatic hydroxyl groups excluding tert-OH is 1. The van der Waals surface area contributed by atoms with Gasteiger partial charge in [-0.1, -0.05) is 37.3 Å². The van der Waals surface area contributed by atoms with Crippen molar-refractivity contribution in [3.05, 3.63) is 35.9 Å². The largest absolute Gasteiger partial charge is 0.444 e. The maximum Gasteiger partial charge on any atom is 0.407 e. The normalized spacial score (nSPS) is 14.2. The van der Waals surface area contributed by atoms with E-state index in [0.29, 0.717) is 0 Å². The number of hydrogen-bond acceptors (Lipinski definition) is 3. The molecule has 0 aliphatic carbocycles. The van der Waals surface area contributed by atoms with Crippen LogP contribution in [0.4, 0.5) is 4.79 Å². The Labute approximate surface area is 133 Å². The van der Waals surface area contributed by atoms with Crippen LogP contribution in [0.1, 0.15) is 46.1 Å². The van der Waals surface area contributed by atoms with E-state index in [0.717, 1.165) is 19.3 Å². The van der Waals surface area contributed by atoms with E-state index < -0.39 is 11.7 Å². The second-order valence-corrected chi connectivity index (χ2v) is 6.89. The van der Waals surface area contributed by atoms with Crippen LogP contribution >= 0.6 is 0 Å². The van der Waals surface area contributed by atoms with Gasteiger partial charge in [-0.2, -0.15) is 0 Å². The van der Waals surface area contributed by atoms with Gasteiger partial charge < -0.3 is 15.2 Å². The van der Waals surface area contributed by atoms with Gasteiger partial charge in [-0.15, -0.1) is 0 Å². The Morgan fingerprint density at radius 2 is 1.91 bits per heavy atom. The monoisotopic (exact) mass is 307 g/mol. The average Bonchev–Trinajstić information content (AvgIpc) is 2.43. The standard InChI is InChI=1S/C18H29NO3/c1-14(13-20)12-16(19-17(21)22-18(2,3)4)11-10-15-8-6-5-7-9-15/h5-9,14,16,20H,10-13H2,1-4H3,(H,19,21)/t14-,16-/m0/s1. The number of hydrogen-bond donors (Lipinski definition) is 2. The van der Waals surface area contributed by atoms with Crippen molar-refractivity contribution in [2.75, 3.05) is 6.61 Å². The van der Waals surface area contributed by atoms with Crippen LogP contribution in [0.5, 0.6) is 0 Å². The molecule has 1 aromatic rings. The SMILES string of the molecule is C[C@H](CO)C[C@H](CCc1ccccc1)NC(=O)OC(C)(C)C. The molecule has 0 aromatic heterocycles. The first-order valence-electron chi connectivity index (χ1n) is 7.94. The first-order valence-corrected chi connectivity index (χ1v) is 7.94. The number of benzene rings is 1. The summed E-state index contributed by atoms with van der Waals surface area (Å²) in [4.78, 5) is 12.0. The van der Waals surface area contributed by atoms with Crippen molar-refractivity contribution in [1.82, 2.24) is 5.32 Å². The molecule has 22 heavy (non-hydrogen) atoms. The lowest BCUT2D eigenvalue weighted by Gasteiger charge is -2.25. The molecule has 1 amide bonds. The van der Waals surface area contributed by atoms with Gasteiger partial charge in [0, 0.05) is 12.6 Å². The number of alkyl carbamates (subject to hydrolysis) is 1. The summed E-state index contributed by atoms with van der Waals surface area (Å²) in [6.07, 6.45) is 2.06. The highest BCUT2D eigenvalue weighted by molar-refractivity contribution is 5.68. The molecule has 0 saturated carbocycles. The topological polar surface area (TPSA) is 58.6 Å². The molecule has 0 bridgehead atoms. The summed E-state index contributed by atoms with van der Waals surface area (Å²) < 4.78 is 5.32. The number of ether oxygens (including phenoxy) is 1. The van der Waals surface area contributed by atoms with Crippen molar-refractivity contribution in [3.63, 3.8) is 0 Å². The van der Waals surface area contributed by atoms with E-state index in [1.807, 2.05) is 45.9 Å². The van der Waals surface area contributed by atoms with Crippen LogP contribution < -0.4 is 5.32 Å². The molecule has 0 unspecified atom stereocenters. The van der Waals surface area contributed by atoms with E-state index in [9.17, 15) is 9.90 Å². The molecule has 0 aliphatic heterocycles. The lowest BCUT2D eigenvalue weighted by atomic mass is 9.97. The molecule has 0 fully saturated rings. The molecule has 4 nitrogen and oxygen atoms in total. The number of carbonyl (C=O) groups is 1. The maximum absolute atomic E-state index is 12.0. The molecule has 2 N–H and O–H groups in total. The number of amides is 1. The summed E-state index contributed by atoms with van der Waals surface area (Å²) in [6, 6.07) is 10.2. The molecule has 0 spiro atoms. The third-order valence-corrected chi connectivity index (χ3v) is 3.34. The maximum atomic E-state index is 12.0. The van der Waals surface area contributed by atoms with Gasteiger partial charge in [-0.25, -0.2) is 4.79 Å². The predicted octanol–water partition coefficient (Wildman–Crippen LogP) is 3.53. The minimum Gasteiger partial charge on any atom is -0.444 e. The fourth-order valence-corrected chi connectivity index (χ4v) is 2.27. The highest BCUT2D eigenvalue weighted by Gasteiger charge is 2.20. The van der Waals surface area contributed by atoms with Crippen LogP contribution in [0.25, 0.3) is 0 Å². The van der Waals surface area contributed by atoms with E-state index >= 15 is 0 Å². The summed E-state index contributed by atoms with van der Waals surface area (Å²) in [7, 11) is 0. The van der Waals surface area contributed by atoms with Crippen LogP contribution in [0.3, 0.4) is 0 Å². The van der Waals surface area contributed by atoms with E-state index in [-0.39, 0.29) is 18.6 Å². The summed E-state index contributed by atoms with van der Waals surface area (Å²) in [5.74, 6) is 0.149. The molecule has 4 heteroatoms. The van der Waals surface area contributed by atoms with Gasteiger partial charge in [0.15, 0.2) is 0 Å². The molecular formula is C18H29NO3. The molecule has 0 radical (unpaired) electrons. The van der Waals surface area contributed by atoms with Crippen LogP contribution in [0.2, 0.25) is 0 Å². The van der Waals surface area contributed by atoms with Crippen molar-refractivity contribution in [2.45, 2.75) is 58.6 Å². The Kier molecular flexibility index (Phi) is 7.39. The van der Waals surface area contributed by atoms with Crippen LogP contribution in [0, 0.1) is 5.92 Å². The Balaban J connectivity index is 2.57. The molecular weight excluding hydrogens is 278 g/mol. The van der Waals surface area contributed by atoms with E-state index in [2.05, 4.69) is 17.4 Å². The summed E-state index contributed by atoms with van der Waals surface area (Å²) >= 11 is 0. The molecule has 1 rings (SSSR count). The second-order valence-electron chi connectivity index (χ2n) is 6.89. The second kappa shape index (κ2) is 8.79. The molecule has 2 atom stereocenters. The summed E-state index contributed by atoms with van der Waals surface area (Å²) in [5.41, 5.74) is 0.742. The van der Waals surface area contributed by atoms with Gasteiger partial charge >= 0.3 is 6.09 Å². The number of aliphatic hydroxyl groups is 1. The molecule has 124 valence electrons. The van der Waals surface area contributed by atoms with Gasteiger partial charge in [0.05, 0.1) is 0 Å². The Hall–Kier alpha value is -1.55. The number of nitrogens with one attached hydrogen (secondary N) is 1. The highest BCUT2D eigenvalue weighted by Crippen LogP contribution is 2.14. The number of rotatable bonds is 7. The molecule has 0 saturated heterocycles. The third-order valence-electron chi connectivity index (χ3n) is 3.34. The number of aryl methyl sites for hydroxylation is 1. The van der Waals surface area contributed by atoms with Crippen molar-refractivity contribution >= 4 is 6.09 Å². The minimum absolute atomic E-state index is 0.00259. The lowest BCUT2D eigenvalue weighted by Crippen LogP contribution is -2.40. The van der Waals surface area contributed by atoms with Gasteiger partial charge in [-0.05, 0) is 51.5 Å². The van der Waals surface area contributed by atoms with E-state index in [1.165, 1.54) is 5.56 Å². The zero-order valence-electron chi connectivity index (χ0n) is 14.1. The van der Waals surface area contributed by atoms with Gasteiger partial charge in [0.25, 0.3) is 0 Å². The fourth-order valence-electron chi connectivity index (χ4n) is 2.27. The van der Waals surface area contributed by atoms with Crippen LogP contribution in [-0.2, 0) is 11.2 Å². The first-order chi connectivity index (χ1) is 10.3. The van der Waals surface area contributed by atoms with Gasteiger partial charge in [0.1, 0.15) is 5.60 Å². The molecule has 0 heterocycles. The molecule has 1 aromatic carbocycles. The fraction of sp³-hybridized carbons (Fsp3) is 0.611. The van der Waals surface area contributed by atoms with Crippen molar-refractivity contribution < 1.29 is 14.6 Å². The predicted molar refractivity (Wildman–Crippen MR) is 88.8 cm³/mol. The summed E-state index contributed by atoms with van der Waals surface area (Å²) in [6.45, 7) is 7.65. The van der Waals surface area contributed by atoms with Crippen LogP contribution in [-0.4, -0.2) is 29.4 Å². The van der Waals surface area contributed by atoms with E-state index in [4.69, 9.17) is 4.74 Å². The number of carbonyl (C=O) groups excluding carboxylic acids is 1. The average molecular weight is 307 g/mol. The van der Waals surface area contributed by atoms with Crippen molar-refractivity contribution in [1.29, 1.82) is 0 Å². The van der Waals surface area contributed by atoms with Crippen molar-refractivity contribution in [3.8, 4) is 0 Å². The summed E-state index contributed by atoms with van der Waals surface area (Å²) in [5, 5.41) is 12.2. The Bertz CT molecular complexity index is 439. The smallest absolute Gasteiger partial charge is 0.407 e. The van der Waals surface area contributed by atoms with E-state index in [1.54, 1.807) is 0 Å². The van der Waals surface area contributed by atoms with Gasteiger partial charge in [-0.3, -0.25) is 0 Å².